The molecule has 0 bridgehead atoms. The Morgan fingerprint density at radius 1 is 1.12 bits per heavy atom. The molecule has 0 heterocycles. The number of nitrogens with one attached hydrogen (secondary N) is 1. The van der Waals surface area contributed by atoms with E-state index in [0.29, 0.717) is 11.5 Å². The highest BCUT2D eigenvalue weighted by atomic mass is 19.1. The summed E-state index contributed by atoms with van der Waals surface area (Å²) in [5.74, 6) is 0.352. The number of para-hydroxylation sites is 1. The average Bonchev–Trinajstić information content (AvgIpc) is 2.60. The number of hydrogen-bond donors (Lipinski definition) is 2. The predicted octanol–water partition coefficient (Wildman–Crippen LogP) is 2.15. The zero-order valence-corrected chi connectivity index (χ0v) is 13.3. The summed E-state index contributed by atoms with van der Waals surface area (Å²) in [4.78, 5) is 11.9. The van der Waals surface area contributed by atoms with Gasteiger partial charge in [0.25, 0.3) is 5.91 Å². The molecular formula is C18H20FNO4. The van der Waals surface area contributed by atoms with Gasteiger partial charge in [0.15, 0.2) is 6.10 Å². The van der Waals surface area contributed by atoms with Crippen LogP contribution in [0.5, 0.6) is 11.5 Å². The van der Waals surface area contributed by atoms with Gasteiger partial charge in [0.1, 0.15) is 30.0 Å². The van der Waals surface area contributed by atoms with Crippen molar-refractivity contribution < 1.29 is 23.8 Å². The summed E-state index contributed by atoms with van der Waals surface area (Å²) in [6.07, 6.45) is -1.57. The highest BCUT2D eigenvalue weighted by Crippen LogP contribution is 2.12. The van der Waals surface area contributed by atoms with Crippen molar-refractivity contribution in [3.05, 3.63) is 60.4 Å². The molecule has 0 aliphatic rings. The monoisotopic (exact) mass is 333 g/mol. The van der Waals surface area contributed by atoms with E-state index in [1.807, 2.05) is 18.2 Å². The van der Waals surface area contributed by atoms with Gasteiger partial charge >= 0.3 is 0 Å². The van der Waals surface area contributed by atoms with Crippen LogP contribution in [0.25, 0.3) is 0 Å². The number of aliphatic hydroxyl groups excluding tert-OH is 1. The molecule has 128 valence electrons. The lowest BCUT2D eigenvalue weighted by atomic mass is 10.3. The van der Waals surface area contributed by atoms with Gasteiger partial charge in [0.05, 0.1) is 0 Å². The molecule has 6 heteroatoms. The Morgan fingerprint density at radius 3 is 2.46 bits per heavy atom. The molecule has 0 fully saturated rings. The minimum Gasteiger partial charge on any atom is -0.491 e. The minimum absolute atomic E-state index is 0.0141. The van der Waals surface area contributed by atoms with Gasteiger partial charge in [-0.2, -0.15) is 0 Å². The highest BCUT2D eigenvalue weighted by molar-refractivity contribution is 5.80. The summed E-state index contributed by atoms with van der Waals surface area (Å²) in [5.41, 5.74) is 0. The molecule has 2 aromatic carbocycles. The Morgan fingerprint density at radius 2 is 1.79 bits per heavy atom. The van der Waals surface area contributed by atoms with E-state index in [-0.39, 0.29) is 24.9 Å². The standard InChI is InChI=1S/C18H20FNO4/c1-13(24-17-5-3-2-4-6-17)18(22)20-11-15(21)12-23-16-9-7-14(19)8-10-16/h2-10,13,15,21H,11-12H2,1H3,(H,20,22)/t13-,15+/m0/s1. The van der Waals surface area contributed by atoms with E-state index in [1.165, 1.54) is 24.3 Å². The first kappa shape index (κ1) is 17.7. The van der Waals surface area contributed by atoms with Gasteiger partial charge in [-0.05, 0) is 43.3 Å². The number of carbonyl (C=O) groups is 1. The number of benzene rings is 2. The average molecular weight is 333 g/mol. The largest absolute Gasteiger partial charge is 0.491 e. The first-order valence-corrected chi connectivity index (χ1v) is 7.60. The number of amides is 1. The molecular weight excluding hydrogens is 313 g/mol. The zero-order valence-electron chi connectivity index (χ0n) is 13.3. The quantitative estimate of drug-likeness (QED) is 0.777. The third-order valence-electron chi connectivity index (χ3n) is 3.19. The SMILES string of the molecule is C[C@H](Oc1ccccc1)C(=O)NC[C@@H](O)COc1ccc(F)cc1. The fourth-order valence-electron chi connectivity index (χ4n) is 1.90. The Kier molecular flexibility index (Phi) is 6.57. The fourth-order valence-corrected chi connectivity index (χ4v) is 1.90. The highest BCUT2D eigenvalue weighted by Gasteiger charge is 2.16. The first-order chi connectivity index (χ1) is 11.5. The summed E-state index contributed by atoms with van der Waals surface area (Å²) >= 11 is 0. The van der Waals surface area contributed by atoms with Crippen molar-refractivity contribution in [2.45, 2.75) is 19.1 Å². The van der Waals surface area contributed by atoms with Crippen LogP contribution < -0.4 is 14.8 Å². The number of halogens is 1. The van der Waals surface area contributed by atoms with E-state index in [0.717, 1.165) is 0 Å². The van der Waals surface area contributed by atoms with Gasteiger partial charge in [-0.3, -0.25) is 4.79 Å². The summed E-state index contributed by atoms with van der Waals surface area (Å²) in [6.45, 7) is 1.64. The molecule has 24 heavy (non-hydrogen) atoms. The van der Waals surface area contributed by atoms with E-state index < -0.39 is 12.2 Å². The van der Waals surface area contributed by atoms with Crippen LogP contribution in [0.2, 0.25) is 0 Å². The summed E-state index contributed by atoms with van der Waals surface area (Å²) < 4.78 is 23.6. The minimum atomic E-state index is -0.886. The molecule has 0 saturated carbocycles. The number of hydrogen-bond acceptors (Lipinski definition) is 4. The van der Waals surface area contributed by atoms with Crippen molar-refractivity contribution in [3.8, 4) is 11.5 Å². The predicted molar refractivity (Wildman–Crippen MR) is 87.4 cm³/mol. The molecule has 2 rings (SSSR count). The second kappa shape index (κ2) is 8.88. The molecule has 2 N–H and O–H groups in total. The Labute approximate surface area is 140 Å². The molecule has 0 aliphatic heterocycles. The van der Waals surface area contributed by atoms with Gasteiger partial charge in [-0.15, -0.1) is 0 Å². The van der Waals surface area contributed by atoms with Crippen LogP contribution in [0.3, 0.4) is 0 Å². The van der Waals surface area contributed by atoms with Gasteiger partial charge in [0.2, 0.25) is 0 Å². The number of rotatable bonds is 8. The maximum atomic E-state index is 12.8. The van der Waals surface area contributed by atoms with Crippen molar-refractivity contribution in [3.63, 3.8) is 0 Å². The first-order valence-electron chi connectivity index (χ1n) is 7.60. The Hall–Kier alpha value is -2.60. The smallest absolute Gasteiger partial charge is 0.260 e. The molecule has 2 aromatic rings. The molecule has 0 aliphatic carbocycles. The zero-order chi connectivity index (χ0) is 17.4. The molecule has 2 atom stereocenters. The van der Waals surface area contributed by atoms with Crippen molar-refractivity contribution in [2.75, 3.05) is 13.2 Å². The second-order valence-electron chi connectivity index (χ2n) is 5.24. The van der Waals surface area contributed by atoms with Gasteiger partial charge in [-0.25, -0.2) is 4.39 Å². The molecule has 0 radical (unpaired) electrons. The van der Waals surface area contributed by atoms with Crippen molar-refractivity contribution in [1.29, 1.82) is 0 Å². The lowest BCUT2D eigenvalue weighted by Gasteiger charge is -2.17. The van der Waals surface area contributed by atoms with Crippen LogP contribution >= 0.6 is 0 Å². The Bertz CT molecular complexity index is 633. The summed E-state index contributed by atoms with van der Waals surface area (Å²) in [5, 5.41) is 12.4. The van der Waals surface area contributed by atoms with Crippen LogP contribution in [-0.2, 0) is 4.79 Å². The molecule has 0 spiro atoms. The normalized spacial score (nSPS) is 13.0. The summed E-state index contributed by atoms with van der Waals surface area (Å²) in [6, 6.07) is 14.5. The molecule has 0 aromatic heterocycles. The van der Waals surface area contributed by atoms with Crippen LogP contribution in [0, 0.1) is 5.82 Å². The van der Waals surface area contributed by atoms with E-state index >= 15 is 0 Å². The van der Waals surface area contributed by atoms with Gasteiger partial charge < -0.3 is 19.9 Å². The second-order valence-corrected chi connectivity index (χ2v) is 5.24. The Balaban J connectivity index is 1.69. The maximum absolute atomic E-state index is 12.8. The van der Waals surface area contributed by atoms with E-state index in [1.54, 1.807) is 19.1 Å². The molecule has 0 saturated heterocycles. The molecule has 1 amide bonds. The topological polar surface area (TPSA) is 67.8 Å². The van der Waals surface area contributed by atoms with Crippen LogP contribution in [0.15, 0.2) is 54.6 Å². The van der Waals surface area contributed by atoms with Crippen molar-refractivity contribution >= 4 is 5.91 Å². The van der Waals surface area contributed by atoms with Crippen molar-refractivity contribution in [2.24, 2.45) is 0 Å². The van der Waals surface area contributed by atoms with Gasteiger partial charge in [0, 0.05) is 6.54 Å². The van der Waals surface area contributed by atoms with Crippen LogP contribution in [-0.4, -0.2) is 36.4 Å². The summed E-state index contributed by atoms with van der Waals surface area (Å²) in [7, 11) is 0. The third kappa shape index (κ3) is 5.89. The molecule has 5 nitrogen and oxygen atoms in total. The van der Waals surface area contributed by atoms with Crippen LogP contribution in [0.4, 0.5) is 4.39 Å². The maximum Gasteiger partial charge on any atom is 0.260 e. The van der Waals surface area contributed by atoms with Crippen molar-refractivity contribution in [1.82, 2.24) is 5.32 Å². The molecule has 0 unspecified atom stereocenters. The lowest BCUT2D eigenvalue weighted by Crippen LogP contribution is -2.41. The van der Waals surface area contributed by atoms with Crippen LogP contribution in [0.1, 0.15) is 6.92 Å². The third-order valence-corrected chi connectivity index (χ3v) is 3.19. The number of carbonyl (C=O) groups excluding carboxylic acids is 1. The number of ether oxygens (including phenoxy) is 2. The lowest BCUT2D eigenvalue weighted by molar-refractivity contribution is -0.127. The fraction of sp³-hybridized carbons (Fsp3) is 0.278. The van der Waals surface area contributed by atoms with E-state index in [9.17, 15) is 14.3 Å². The van der Waals surface area contributed by atoms with Gasteiger partial charge in [-0.1, -0.05) is 18.2 Å². The number of aliphatic hydroxyl groups is 1. The van der Waals surface area contributed by atoms with E-state index in [4.69, 9.17) is 9.47 Å². The van der Waals surface area contributed by atoms with E-state index in [2.05, 4.69) is 5.32 Å².